The van der Waals surface area contributed by atoms with Crippen LogP contribution >= 0.6 is 0 Å². The van der Waals surface area contributed by atoms with Crippen molar-refractivity contribution in [1.29, 1.82) is 0 Å². The van der Waals surface area contributed by atoms with E-state index in [1.165, 1.54) is 12.1 Å². The predicted molar refractivity (Wildman–Crippen MR) is 107 cm³/mol. The van der Waals surface area contributed by atoms with Crippen LogP contribution in [0.15, 0.2) is 48.5 Å². The number of carbonyl (C=O) groups is 1. The van der Waals surface area contributed by atoms with Gasteiger partial charge in [-0.2, -0.15) is 0 Å². The van der Waals surface area contributed by atoms with E-state index in [9.17, 15) is 9.18 Å². The lowest BCUT2D eigenvalue weighted by atomic mass is 10.2. The van der Waals surface area contributed by atoms with Gasteiger partial charge in [-0.15, -0.1) is 0 Å². The molecule has 7 heteroatoms. The van der Waals surface area contributed by atoms with Gasteiger partial charge in [-0.05, 0) is 48.5 Å². The molecule has 28 heavy (non-hydrogen) atoms. The number of anilines is 1. The number of ether oxygens (including phenoxy) is 2. The highest BCUT2D eigenvalue weighted by Gasteiger charge is 2.19. The molecule has 0 spiro atoms. The van der Waals surface area contributed by atoms with E-state index in [0.29, 0.717) is 19.7 Å². The Balaban J connectivity index is 1.31. The number of piperazine rings is 1. The van der Waals surface area contributed by atoms with Gasteiger partial charge in [0.15, 0.2) is 0 Å². The molecule has 1 aliphatic rings. The smallest absolute Gasteiger partial charge is 0.234 e. The molecule has 0 radical (unpaired) electrons. The fraction of sp³-hybridized carbons (Fsp3) is 0.381. The van der Waals surface area contributed by atoms with E-state index in [1.807, 2.05) is 24.3 Å². The maximum atomic E-state index is 13.0. The summed E-state index contributed by atoms with van der Waals surface area (Å²) in [5.41, 5.74) is 1.01. The minimum absolute atomic E-state index is 0.00596. The number of rotatable bonds is 8. The van der Waals surface area contributed by atoms with Crippen LogP contribution in [0.5, 0.6) is 11.5 Å². The number of hydrogen-bond donors (Lipinski definition) is 1. The van der Waals surface area contributed by atoms with Gasteiger partial charge in [0.25, 0.3) is 0 Å². The normalized spacial score (nSPS) is 14.6. The molecule has 2 aromatic rings. The topological polar surface area (TPSA) is 54.0 Å². The van der Waals surface area contributed by atoms with E-state index in [4.69, 9.17) is 9.47 Å². The number of methoxy groups -OCH3 is 1. The molecule has 1 saturated heterocycles. The molecule has 0 aliphatic carbocycles. The van der Waals surface area contributed by atoms with Gasteiger partial charge in [-0.3, -0.25) is 9.69 Å². The van der Waals surface area contributed by atoms with Crippen LogP contribution in [0.2, 0.25) is 0 Å². The number of halogens is 1. The summed E-state index contributed by atoms with van der Waals surface area (Å²) >= 11 is 0. The minimum atomic E-state index is -0.227. The SMILES string of the molecule is COc1ccc(OCCNC(=O)CN2CCN(c3ccc(F)cc3)CC2)cc1. The second-order valence-corrected chi connectivity index (χ2v) is 6.61. The van der Waals surface area contributed by atoms with E-state index in [1.54, 1.807) is 19.2 Å². The Morgan fingerprint density at radius 2 is 1.64 bits per heavy atom. The van der Waals surface area contributed by atoms with Gasteiger partial charge in [0.2, 0.25) is 5.91 Å². The number of hydrogen-bond acceptors (Lipinski definition) is 5. The van der Waals surface area contributed by atoms with E-state index in [2.05, 4.69) is 15.1 Å². The van der Waals surface area contributed by atoms with Gasteiger partial charge < -0.3 is 19.7 Å². The van der Waals surface area contributed by atoms with Gasteiger partial charge in [-0.25, -0.2) is 4.39 Å². The third-order valence-corrected chi connectivity index (χ3v) is 4.68. The van der Waals surface area contributed by atoms with E-state index in [0.717, 1.165) is 43.4 Å². The Morgan fingerprint density at radius 3 is 2.29 bits per heavy atom. The molecule has 2 aromatic carbocycles. The van der Waals surface area contributed by atoms with Crippen molar-refractivity contribution in [3.8, 4) is 11.5 Å². The monoisotopic (exact) mass is 387 g/mol. The maximum Gasteiger partial charge on any atom is 0.234 e. The fourth-order valence-electron chi connectivity index (χ4n) is 3.11. The number of nitrogens with zero attached hydrogens (tertiary/aromatic N) is 2. The van der Waals surface area contributed by atoms with Crippen molar-refractivity contribution in [2.24, 2.45) is 0 Å². The summed E-state index contributed by atoms with van der Waals surface area (Å²) in [5.74, 6) is 1.29. The lowest BCUT2D eigenvalue weighted by molar-refractivity contribution is -0.122. The quantitative estimate of drug-likeness (QED) is 0.704. The first-order valence-electron chi connectivity index (χ1n) is 9.40. The van der Waals surface area contributed by atoms with Crippen LogP contribution in [0, 0.1) is 5.82 Å². The Bertz CT molecular complexity index is 744. The highest BCUT2D eigenvalue weighted by molar-refractivity contribution is 5.78. The highest BCUT2D eigenvalue weighted by Crippen LogP contribution is 2.17. The van der Waals surface area contributed by atoms with Crippen LogP contribution in [0.25, 0.3) is 0 Å². The van der Waals surface area contributed by atoms with Crippen LogP contribution in [0.3, 0.4) is 0 Å². The van der Waals surface area contributed by atoms with Gasteiger partial charge in [0.05, 0.1) is 20.2 Å². The molecule has 1 heterocycles. The van der Waals surface area contributed by atoms with Crippen molar-refractivity contribution in [2.45, 2.75) is 0 Å². The molecule has 1 fully saturated rings. The predicted octanol–water partition coefficient (Wildman–Crippen LogP) is 2.15. The zero-order valence-corrected chi connectivity index (χ0v) is 16.1. The van der Waals surface area contributed by atoms with Crippen LogP contribution < -0.4 is 19.7 Å². The van der Waals surface area contributed by atoms with Crippen LogP contribution in [0.1, 0.15) is 0 Å². The summed E-state index contributed by atoms with van der Waals surface area (Å²) in [6.07, 6.45) is 0. The Labute approximate surface area is 164 Å². The zero-order valence-electron chi connectivity index (χ0n) is 16.1. The Hall–Kier alpha value is -2.80. The molecular formula is C21H26FN3O3. The molecule has 1 aliphatic heterocycles. The summed E-state index contributed by atoms with van der Waals surface area (Å²) in [4.78, 5) is 16.4. The number of amides is 1. The summed E-state index contributed by atoms with van der Waals surface area (Å²) in [6.45, 7) is 4.48. The molecule has 6 nitrogen and oxygen atoms in total. The van der Waals surface area contributed by atoms with Crippen molar-refractivity contribution in [3.05, 3.63) is 54.3 Å². The van der Waals surface area contributed by atoms with Crippen molar-refractivity contribution in [3.63, 3.8) is 0 Å². The van der Waals surface area contributed by atoms with Crippen LogP contribution in [0.4, 0.5) is 10.1 Å². The van der Waals surface area contributed by atoms with Crippen molar-refractivity contribution < 1.29 is 18.7 Å². The molecule has 1 amide bonds. The lowest BCUT2D eigenvalue weighted by Gasteiger charge is -2.35. The van der Waals surface area contributed by atoms with E-state index in [-0.39, 0.29) is 11.7 Å². The first-order chi connectivity index (χ1) is 13.6. The first-order valence-corrected chi connectivity index (χ1v) is 9.40. The summed E-state index contributed by atoms with van der Waals surface area (Å²) in [6, 6.07) is 13.9. The van der Waals surface area contributed by atoms with Crippen molar-refractivity contribution in [1.82, 2.24) is 10.2 Å². The second-order valence-electron chi connectivity index (χ2n) is 6.61. The molecular weight excluding hydrogens is 361 g/mol. The maximum absolute atomic E-state index is 13.0. The summed E-state index contributed by atoms with van der Waals surface area (Å²) in [5, 5.41) is 2.89. The lowest BCUT2D eigenvalue weighted by Crippen LogP contribution is -2.49. The molecule has 0 bridgehead atoms. The first kappa shape index (κ1) is 19.9. The fourth-order valence-corrected chi connectivity index (χ4v) is 3.11. The van der Waals surface area contributed by atoms with Gasteiger partial charge in [0.1, 0.15) is 23.9 Å². The molecule has 0 saturated carbocycles. The van der Waals surface area contributed by atoms with Gasteiger partial charge in [-0.1, -0.05) is 0 Å². The summed E-state index contributed by atoms with van der Waals surface area (Å²) < 4.78 is 23.7. The van der Waals surface area contributed by atoms with E-state index >= 15 is 0 Å². The zero-order chi connectivity index (χ0) is 19.8. The van der Waals surface area contributed by atoms with Crippen molar-refractivity contribution >= 4 is 11.6 Å². The third kappa shape index (κ3) is 5.85. The standard InChI is InChI=1S/C21H26FN3O3/c1-27-19-6-8-20(9-7-19)28-15-10-23-21(26)16-24-11-13-25(14-12-24)18-4-2-17(22)3-5-18/h2-9H,10-16H2,1H3,(H,23,26). The van der Waals surface area contributed by atoms with Gasteiger partial charge >= 0.3 is 0 Å². The molecule has 1 N–H and O–H groups in total. The number of benzene rings is 2. The van der Waals surface area contributed by atoms with Crippen LogP contribution in [-0.2, 0) is 4.79 Å². The van der Waals surface area contributed by atoms with Crippen molar-refractivity contribution in [2.75, 3.05) is 57.9 Å². The average Bonchev–Trinajstić information content (AvgIpc) is 2.73. The minimum Gasteiger partial charge on any atom is -0.497 e. The molecule has 150 valence electrons. The molecule has 3 rings (SSSR count). The number of nitrogens with one attached hydrogen (secondary N) is 1. The highest BCUT2D eigenvalue weighted by atomic mass is 19.1. The number of carbonyl (C=O) groups excluding carboxylic acids is 1. The molecule has 0 atom stereocenters. The Morgan fingerprint density at radius 1 is 1.00 bits per heavy atom. The average molecular weight is 387 g/mol. The molecule has 0 unspecified atom stereocenters. The van der Waals surface area contributed by atoms with E-state index < -0.39 is 0 Å². The largest absolute Gasteiger partial charge is 0.497 e. The second kappa shape index (κ2) is 9.94. The van der Waals surface area contributed by atoms with Gasteiger partial charge in [0, 0.05) is 31.9 Å². The molecule has 0 aromatic heterocycles. The Kier molecular flexibility index (Phi) is 7.08. The van der Waals surface area contributed by atoms with Crippen LogP contribution in [-0.4, -0.2) is 63.8 Å². The summed E-state index contributed by atoms with van der Waals surface area (Å²) in [7, 11) is 1.62. The third-order valence-electron chi connectivity index (χ3n) is 4.68.